The zero-order chi connectivity index (χ0) is 14.7. The van der Waals surface area contributed by atoms with Gasteiger partial charge in [-0.25, -0.2) is 9.97 Å². The Morgan fingerprint density at radius 3 is 2.50 bits per heavy atom. The molecule has 2 rings (SSSR count). The summed E-state index contributed by atoms with van der Waals surface area (Å²) in [6.45, 7) is 3.67. The van der Waals surface area contributed by atoms with Crippen LogP contribution in [0.3, 0.4) is 0 Å². The molecule has 0 atom stereocenters. The van der Waals surface area contributed by atoms with E-state index in [1.54, 1.807) is 27.2 Å². The first-order chi connectivity index (χ1) is 9.55. The molecule has 106 valence electrons. The molecule has 0 amide bonds. The van der Waals surface area contributed by atoms with Crippen molar-refractivity contribution in [3.8, 4) is 11.5 Å². The molecule has 1 aromatic carbocycles. The van der Waals surface area contributed by atoms with Gasteiger partial charge in [0.05, 0.1) is 19.9 Å². The van der Waals surface area contributed by atoms with Crippen LogP contribution in [0, 0.1) is 13.8 Å². The Morgan fingerprint density at radius 2 is 1.85 bits per heavy atom. The summed E-state index contributed by atoms with van der Waals surface area (Å²) in [7, 11) is 3.22. The SMILES string of the molecule is COc1ccc(Nc2nc(C)nc(N)c2C)c(OC)c1. The summed E-state index contributed by atoms with van der Waals surface area (Å²) in [4.78, 5) is 8.48. The van der Waals surface area contributed by atoms with E-state index in [0.29, 0.717) is 23.2 Å². The molecule has 0 bridgehead atoms. The first-order valence-electron chi connectivity index (χ1n) is 6.15. The number of methoxy groups -OCH3 is 2. The van der Waals surface area contributed by atoms with Crippen LogP contribution in [-0.2, 0) is 0 Å². The maximum absolute atomic E-state index is 5.85. The van der Waals surface area contributed by atoms with Crippen molar-refractivity contribution in [2.75, 3.05) is 25.3 Å². The highest BCUT2D eigenvalue weighted by Gasteiger charge is 2.10. The summed E-state index contributed by atoms with van der Waals surface area (Å²) in [5, 5.41) is 3.21. The molecule has 0 unspecified atom stereocenters. The van der Waals surface area contributed by atoms with Gasteiger partial charge in [0.25, 0.3) is 0 Å². The summed E-state index contributed by atoms with van der Waals surface area (Å²) >= 11 is 0. The van der Waals surface area contributed by atoms with Crippen LogP contribution in [0.2, 0.25) is 0 Å². The first kappa shape index (κ1) is 13.9. The molecule has 6 nitrogen and oxygen atoms in total. The summed E-state index contributed by atoms with van der Waals surface area (Å²) in [6, 6.07) is 5.51. The number of nitrogens with two attached hydrogens (primary N) is 1. The molecule has 20 heavy (non-hydrogen) atoms. The van der Waals surface area contributed by atoms with Gasteiger partial charge in [-0.15, -0.1) is 0 Å². The Labute approximate surface area is 118 Å². The van der Waals surface area contributed by atoms with Crippen molar-refractivity contribution in [3.63, 3.8) is 0 Å². The highest BCUT2D eigenvalue weighted by molar-refractivity contribution is 5.69. The van der Waals surface area contributed by atoms with E-state index in [1.165, 1.54) is 0 Å². The normalized spacial score (nSPS) is 10.2. The van der Waals surface area contributed by atoms with Crippen molar-refractivity contribution >= 4 is 17.3 Å². The van der Waals surface area contributed by atoms with Crippen molar-refractivity contribution in [2.45, 2.75) is 13.8 Å². The van der Waals surface area contributed by atoms with E-state index < -0.39 is 0 Å². The van der Waals surface area contributed by atoms with Crippen LogP contribution in [0.25, 0.3) is 0 Å². The Morgan fingerprint density at radius 1 is 1.10 bits per heavy atom. The molecule has 0 radical (unpaired) electrons. The maximum atomic E-state index is 5.85. The highest BCUT2D eigenvalue weighted by Crippen LogP contribution is 2.32. The minimum atomic E-state index is 0.465. The van der Waals surface area contributed by atoms with Gasteiger partial charge in [0, 0.05) is 11.6 Å². The number of nitrogens with zero attached hydrogens (tertiary/aromatic N) is 2. The van der Waals surface area contributed by atoms with Gasteiger partial charge in [-0.05, 0) is 26.0 Å². The first-order valence-corrected chi connectivity index (χ1v) is 6.15. The molecule has 2 aromatic rings. The van der Waals surface area contributed by atoms with E-state index in [2.05, 4.69) is 15.3 Å². The number of nitrogen functional groups attached to an aromatic ring is 1. The Bertz CT molecular complexity index is 629. The number of hydrogen-bond acceptors (Lipinski definition) is 6. The minimum absolute atomic E-state index is 0.465. The van der Waals surface area contributed by atoms with Gasteiger partial charge >= 0.3 is 0 Å². The van der Waals surface area contributed by atoms with Crippen LogP contribution in [0.15, 0.2) is 18.2 Å². The molecule has 1 aromatic heterocycles. The average Bonchev–Trinajstić information content (AvgIpc) is 2.44. The van der Waals surface area contributed by atoms with Crippen molar-refractivity contribution in [2.24, 2.45) is 0 Å². The summed E-state index contributed by atoms with van der Waals surface area (Å²) in [5.74, 6) is 3.13. The zero-order valence-electron chi connectivity index (χ0n) is 12.0. The molecule has 0 spiro atoms. The minimum Gasteiger partial charge on any atom is -0.497 e. The van der Waals surface area contributed by atoms with E-state index in [9.17, 15) is 0 Å². The van der Waals surface area contributed by atoms with Crippen LogP contribution in [0.1, 0.15) is 11.4 Å². The van der Waals surface area contributed by atoms with E-state index in [1.807, 2.05) is 19.1 Å². The molecule has 0 fully saturated rings. The fourth-order valence-electron chi connectivity index (χ4n) is 1.80. The quantitative estimate of drug-likeness (QED) is 0.891. The molecule has 1 heterocycles. The number of hydrogen-bond donors (Lipinski definition) is 2. The van der Waals surface area contributed by atoms with E-state index in [-0.39, 0.29) is 0 Å². The van der Waals surface area contributed by atoms with Gasteiger partial charge in [-0.1, -0.05) is 0 Å². The van der Waals surface area contributed by atoms with E-state index in [4.69, 9.17) is 15.2 Å². The Kier molecular flexibility index (Phi) is 3.93. The smallest absolute Gasteiger partial charge is 0.146 e. The second-order valence-corrected chi connectivity index (χ2v) is 4.32. The molecule has 0 aliphatic rings. The summed E-state index contributed by atoms with van der Waals surface area (Å²) < 4.78 is 10.5. The average molecular weight is 274 g/mol. The number of nitrogens with one attached hydrogen (secondary N) is 1. The second-order valence-electron chi connectivity index (χ2n) is 4.32. The van der Waals surface area contributed by atoms with Gasteiger partial charge in [-0.3, -0.25) is 0 Å². The van der Waals surface area contributed by atoms with Crippen LogP contribution < -0.4 is 20.5 Å². The predicted octanol–water partition coefficient (Wildman–Crippen LogP) is 2.44. The van der Waals surface area contributed by atoms with Gasteiger partial charge in [0.15, 0.2) is 0 Å². The topological polar surface area (TPSA) is 82.3 Å². The number of benzene rings is 1. The van der Waals surface area contributed by atoms with E-state index in [0.717, 1.165) is 17.0 Å². The van der Waals surface area contributed by atoms with Crippen molar-refractivity contribution in [3.05, 3.63) is 29.6 Å². The predicted molar refractivity (Wildman–Crippen MR) is 78.7 cm³/mol. The monoisotopic (exact) mass is 274 g/mol. The number of ether oxygens (including phenoxy) is 2. The number of rotatable bonds is 4. The molecular weight excluding hydrogens is 256 g/mol. The van der Waals surface area contributed by atoms with Crippen molar-refractivity contribution in [1.82, 2.24) is 9.97 Å². The molecular formula is C14H18N4O2. The fourth-order valence-corrected chi connectivity index (χ4v) is 1.80. The summed E-state index contributed by atoms with van der Waals surface area (Å²) in [6.07, 6.45) is 0. The molecule has 0 aliphatic heterocycles. The fraction of sp³-hybridized carbons (Fsp3) is 0.286. The molecule has 6 heteroatoms. The van der Waals surface area contributed by atoms with Gasteiger partial charge < -0.3 is 20.5 Å². The lowest BCUT2D eigenvalue weighted by Gasteiger charge is -2.14. The lowest BCUT2D eigenvalue weighted by atomic mass is 10.2. The third-order valence-electron chi connectivity index (χ3n) is 2.96. The number of aromatic nitrogens is 2. The number of aryl methyl sites for hydroxylation is 1. The largest absolute Gasteiger partial charge is 0.497 e. The molecule has 0 saturated carbocycles. The van der Waals surface area contributed by atoms with Crippen molar-refractivity contribution < 1.29 is 9.47 Å². The summed E-state index contributed by atoms with van der Waals surface area (Å²) in [5.41, 5.74) is 7.43. The van der Waals surface area contributed by atoms with Crippen LogP contribution in [0.4, 0.5) is 17.3 Å². The third kappa shape index (κ3) is 2.74. The van der Waals surface area contributed by atoms with Crippen LogP contribution >= 0.6 is 0 Å². The number of anilines is 3. The van der Waals surface area contributed by atoms with Crippen LogP contribution in [-0.4, -0.2) is 24.2 Å². The van der Waals surface area contributed by atoms with Gasteiger partial charge in [0.1, 0.15) is 29.0 Å². The third-order valence-corrected chi connectivity index (χ3v) is 2.96. The highest BCUT2D eigenvalue weighted by atomic mass is 16.5. The standard InChI is InChI=1S/C14H18N4O2/c1-8-13(15)16-9(2)17-14(8)18-11-6-5-10(19-3)7-12(11)20-4/h5-7H,1-4H3,(H3,15,16,17,18). The van der Waals surface area contributed by atoms with Gasteiger partial charge in [-0.2, -0.15) is 0 Å². The Balaban J connectivity index is 2.39. The Hall–Kier alpha value is -2.50. The lowest BCUT2D eigenvalue weighted by Crippen LogP contribution is -2.05. The maximum Gasteiger partial charge on any atom is 0.146 e. The van der Waals surface area contributed by atoms with E-state index >= 15 is 0 Å². The van der Waals surface area contributed by atoms with Crippen LogP contribution in [0.5, 0.6) is 11.5 Å². The van der Waals surface area contributed by atoms with Gasteiger partial charge in [0.2, 0.25) is 0 Å². The zero-order valence-corrected chi connectivity index (χ0v) is 12.0. The lowest BCUT2D eigenvalue weighted by molar-refractivity contribution is 0.395. The second kappa shape index (κ2) is 5.64. The molecule has 0 saturated heterocycles. The molecule has 0 aliphatic carbocycles. The van der Waals surface area contributed by atoms with Crippen molar-refractivity contribution in [1.29, 1.82) is 0 Å². The molecule has 3 N–H and O–H groups in total.